The highest BCUT2D eigenvalue weighted by atomic mass is 32.1. The number of carbonyl (C=O) groups is 1. The molecule has 1 atom stereocenters. The summed E-state index contributed by atoms with van der Waals surface area (Å²) in [6.07, 6.45) is -0.0254. The third-order valence-electron chi connectivity index (χ3n) is 4.63. The van der Waals surface area contributed by atoms with Gasteiger partial charge in [-0.2, -0.15) is 0 Å². The average Bonchev–Trinajstić information content (AvgIpc) is 3.15. The largest absolute Gasteiger partial charge is 0.485 e. The van der Waals surface area contributed by atoms with Crippen molar-refractivity contribution in [3.63, 3.8) is 0 Å². The number of thiazole rings is 1. The molecule has 29 heavy (non-hydrogen) atoms. The van der Waals surface area contributed by atoms with Gasteiger partial charge in [0, 0.05) is 6.54 Å². The van der Waals surface area contributed by atoms with E-state index in [1.807, 2.05) is 26.2 Å². The number of nitrogens with zero attached hydrogens (tertiary/aromatic N) is 3. The number of halogens is 1. The molecule has 2 heterocycles. The van der Waals surface area contributed by atoms with Crippen molar-refractivity contribution in [2.24, 2.45) is 0 Å². The molecule has 0 saturated heterocycles. The van der Waals surface area contributed by atoms with Crippen LogP contribution in [0.3, 0.4) is 0 Å². The molecule has 1 aliphatic heterocycles. The Bertz CT molecular complexity index is 1020. The molecule has 1 amide bonds. The van der Waals surface area contributed by atoms with Crippen LogP contribution in [-0.2, 0) is 4.79 Å². The molecule has 0 radical (unpaired) electrons. The molecule has 1 aliphatic rings. The van der Waals surface area contributed by atoms with Gasteiger partial charge in [-0.25, -0.2) is 9.37 Å². The normalized spacial score (nSPS) is 15.7. The summed E-state index contributed by atoms with van der Waals surface area (Å²) in [5.74, 6) is 0.535. The summed E-state index contributed by atoms with van der Waals surface area (Å²) in [6.45, 7) is 1.40. The number of anilines is 1. The molecule has 1 aromatic heterocycles. The van der Waals surface area contributed by atoms with Gasteiger partial charge in [0.05, 0.1) is 4.70 Å². The molecule has 0 saturated carbocycles. The predicted molar refractivity (Wildman–Crippen MR) is 111 cm³/mol. The van der Waals surface area contributed by atoms with Gasteiger partial charge in [-0.15, -0.1) is 0 Å². The molecular weight excluding hydrogens is 393 g/mol. The Kier molecular flexibility index (Phi) is 5.64. The number of ether oxygens (including phenoxy) is 2. The van der Waals surface area contributed by atoms with Crippen LogP contribution >= 0.6 is 11.3 Å². The van der Waals surface area contributed by atoms with Crippen LogP contribution in [0, 0.1) is 5.82 Å². The smallest absolute Gasteiger partial charge is 0.273 e. The maximum atomic E-state index is 14.1. The maximum absolute atomic E-state index is 14.1. The molecular formula is C21H22FN3O3S. The Balaban J connectivity index is 1.61. The number of rotatable bonds is 6. The van der Waals surface area contributed by atoms with Crippen molar-refractivity contribution in [1.82, 2.24) is 9.88 Å². The second-order valence-electron chi connectivity index (χ2n) is 7.09. The first-order chi connectivity index (χ1) is 14.0. The number of benzene rings is 2. The van der Waals surface area contributed by atoms with E-state index in [1.54, 1.807) is 29.2 Å². The predicted octanol–water partition coefficient (Wildman–Crippen LogP) is 3.56. The minimum absolute atomic E-state index is 0.124. The molecule has 0 fully saturated rings. The Morgan fingerprint density at radius 3 is 2.72 bits per heavy atom. The van der Waals surface area contributed by atoms with Crippen molar-refractivity contribution in [2.75, 3.05) is 38.7 Å². The SMILES string of the molecule is CN(C)CCCN(C(=O)[C@H]1COc2ccccc2O1)c1nc2c(F)cccc2s1. The zero-order valence-corrected chi connectivity index (χ0v) is 17.1. The van der Waals surface area contributed by atoms with Crippen molar-refractivity contribution >= 4 is 32.6 Å². The van der Waals surface area contributed by atoms with Crippen LogP contribution in [-0.4, -0.2) is 55.7 Å². The van der Waals surface area contributed by atoms with Crippen molar-refractivity contribution < 1.29 is 18.7 Å². The van der Waals surface area contributed by atoms with Crippen LogP contribution in [0.4, 0.5) is 9.52 Å². The summed E-state index contributed by atoms with van der Waals surface area (Å²) in [5.41, 5.74) is 0.282. The number of aromatic nitrogens is 1. The summed E-state index contributed by atoms with van der Waals surface area (Å²) < 4.78 is 26.4. The lowest BCUT2D eigenvalue weighted by Crippen LogP contribution is -2.47. The van der Waals surface area contributed by atoms with Crippen molar-refractivity contribution in [3.05, 3.63) is 48.3 Å². The van der Waals surface area contributed by atoms with E-state index in [0.29, 0.717) is 27.9 Å². The van der Waals surface area contributed by atoms with Crippen LogP contribution in [0.5, 0.6) is 11.5 Å². The van der Waals surface area contributed by atoms with Gasteiger partial charge in [0.15, 0.2) is 16.6 Å². The molecule has 0 spiro atoms. The first kappa shape index (κ1) is 19.6. The number of carbonyl (C=O) groups excluding carboxylic acids is 1. The van der Waals surface area contributed by atoms with E-state index in [-0.39, 0.29) is 18.0 Å². The molecule has 4 rings (SSSR count). The van der Waals surface area contributed by atoms with Crippen molar-refractivity contribution in [3.8, 4) is 11.5 Å². The molecule has 3 aromatic rings. The van der Waals surface area contributed by atoms with Gasteiger partial charge >= 0.3 is 0 Å². The van der Waals surface area contributed by atoms with Crippen molar-refractivity contribution in [2.45, 2.75) is 12.5 Å². The Morgan fingerprint density at radius 2 is 1.97 bits per heavy atom. The molecule has 8 heteroatoms. The van der Waals surface area contributed by atoms with E-state index >= 15 is 0 Å². The highest BCUT2D eigenvalue weighted by Gasteiger charge is 2.33. The van der Waals surface area contributed by atoms with E-state index in [1.165, 1.54) is 17.4 Å². The fourth-order valence-corrected chi connectivity index (χ4v) is 4.19. The summed E-state index contributed by atoms with van der Waals surface area (Å²) >= 11 is 1.30. The average molecular weight is 415 g/mol. The number of fused-ring (bicyclic) bond motifs is 2. The minimum Gasteiger partial charge on any atom is -0.485 e. The first-order valence-electron chi connectivity index (χ1n) is 9.42. The number of para-hydroxylation sites is 3. The lowest BCUT2D eigenvalue weighted by molar-refractivity contribution is -0.127. The van der Waals surface area contributed by atoms with E-state index in [2.05, 4.69) is 9.88 Å². The quantitative estimate of drug-likeness (QED) is 0.616. The van der Waals surface area contributed by atoms with Crippen LogP contribution < -0.4 is 14.4 Å². The fourth-order valence-electron chi connectivity index (χ4n) is 3.18. The maximum Gasteiger partial charge on any atom is 0.273 e. The third-order valence-corrected chi connectivity index (χ3v) is 5.67. The molecule has 0 bridgehead atoms. The van der Waals surface area contributed by atoms with Gasteiger partial charge in [0.2, 0.25) is 6.10 Å². The van der Waals surface area contributed by atoms with Crippen LogP contribution in [0.15, 0.2) is 42.5 Å². The zero-order chi connectivity index (χ0) is 20.4. The lowest BCUT2D eigenvalue weighted by Gasteiger charge is -2.29. The van der Waals surface area contributed by atoms with Gasteiger partial charge in [0.25, 0.3) is 5.91 Å². The topological polar surface area (TPSA) is 54.9 Å². The van der Waals surface area contributed by atoms with Crippen LogP contribution in [0.2, 0.25) is 0 Å². The monoisotopic (exact) mass is 415 g/mol. The summed E-state index contributed by atoms with van der Waals surface area (Å²) in [6, 6.07) is 12.1. The molecule has 0 unspecified atom stereocenters. The van der Waals surface area contributed by atoms with E-state index in [9.17, 15) is 9.18 Å². The Hall–Kier alpha value is -2.71. The minimum atomic E-state index is -0.777. The molecule has 0 aliphatic carbocycles. The highest BCUT2D eigenvalue weighted by molar-refractivity contribution is 7.22. The Morgan fingerprint density at radius 1 is 1.17 bits per heavy atom. The lowest BCUT2D eigenvalue weighted by atomic mass is 10.2. The molecule has 6 nitrogen and oxygen atoms in total. The van der Waals surface area contributed by atoms with Gasteiger partial charge in [-0.05, 0) is 51.3 Å². The van der Waals surface area contributed by atoms with E-state index < -0.39 is 11.9 Å². The number of hydrogen-bond donors (Lipinski definition) is 0. The zero-order valence-electron chi connectivity index (χ0n) is 16.3. The van der Waals surface area contributed by atoms with Gasteiger partial charge in [-0.1, -0.05) is 29.5 Å². The Labute approximate surface area is 172 Å². The van der Waals surface area contributed by atoms with Crippen LogP contribution in [0.25, 0.3) is 10.2 Å². The fraction of sp³-hybridized carbons (Fsp3) is 0.333. The number of hydrogen-bond acceptors (Lipinski definition) is 6. The van der Waals surface area contributed by atoms with Gasteiger partial charge < -0.3 is 14.4 Å². The van der Waals surface area contributed by atoms with Crippen LogP contribution in [0.1, 0.15) is 6.42 Å². The molecule has 2 aromatic carbocycles. The standard InChI is InChI=1S/C21H22FN3O3S/c1-24(2)11-6-12-25(21-23-19-14(22)7-5-10-18(19)29-21)20(26)17-13-27-15-8-3-4-9-16(15)28-17/h3-5,7-10,17H,6,11-13H2,1-2H3/t17-/m1/s1. The highest BCUT2D eigenvalue weighted by Crippen LogP contribution is 2.34. The number of amides is 1. The molecule has 0 N–H and O–H groups in total. The summed E-state index contributed by atoms with van der Waals surface area (Å²) in [7, 11) is 3.96. The van der Waals surface area contributed by atoms with Crippen molar-refractivity contribution in [1.29, 1.82) is 0 Å². The van der Waals surface area contributed by atoms with E-state index in [0.717, 1.165) is 13.0 Å². The van der Waals surface area contributed by atoms with Gasteiger partial charge in [-0.3, -0.25) is 9.69 Å². The van der Waals surface area contributed by atoms with E-state index in [4.69, 9.17) is 9.47 Å². The first-order valence-corrected chi connectivity index (χ1v) is 10.2. The van der Waals surface area contributed by atoms with Gasteiger partial charge in [0.1, 0.15) is 17.9 Å². The molecule has 152 valence electrons. The summed E-state index contributed by atoms with van der Waals surface area (Å²) in [5, 5.41) is 0.469. The summed E-state index contributed by atoms with van der Waals surface area (Å²) in [4.78, 5) is 21.4. The second-order valence-corrected chi connectivity index (χ2v) is 8.10. The third kappa shape index (κ3) is 4.18. The second kappa shape index (κ2) is 8.34.